The van der Waals surface area contributed by atoms with Gasteiger partial charge >= 0.3 is 0 Å². The maximum Gasteiger partial charge on any atom is 0.272 e. The summed E-state index contributed by atoms with van der Waals surface area (Å²) in [5.41, 5.74) is 1.05. The number of halogens is 1. The number of likely N-dealkylation sites (tertiary alicyclic amines) is 1. The van der Waals surface area contributed by atoms with E-state index in [9.17, 15) is 14.0 Å². The van der Waals surface area contributed by atoms with Gasteiger partial charge in [-0.1, -0.05) is 12.1 Å². The van der Waals surface area contributed by atoms with E-state index in [0.29, 0.717) is 31.0 Å². The van der Waals surface area contributed by atoms with Gasteiger partial charge in [-0.2, -0.15) is 0 Å². The normalized spacial score (nSPS) is 22.6. The Morgan fingerprint density at radius 1 is 1.21 bits per heavy atom. The predicted molar refractivity (Wildman–Crippen MR) is 102 cm³/mol. The van der Waals surface area contributed by atoms with Crippen LogP contribution in [0.1, 0.15) is 29.0 Å². The van der Waals surface area contributed by atoms with Crippen molar-refractivity contribution >= 4 is 17.5 Å². The van der Waals surface area contributed by atoms with E-state index in [1.165, 1.54) is 12.1 Å². The number of rotatable bonds is 2. The van der Waals surface area contributed by atoms with Gasteiger partial charge in [0.2, 0.25) is 0 Å². The number of amides is 2. The molecule has 7 heteroatoms. The first-order valence-corrected chi connectivity index (χ1v) is 9.39. The maximum atomic E-state index is 13.6. The summed E-state index contributed by atoms with van der Waals surface area (Å²) in [5, 5.41) is 0. The van der Waals surface area contributed by atoms with Crippen LogP contribution in [0.3, 0.4) is 0 Å². The van der Waals surface area contributed by atoms with Gasteiger partial charge in [-0.05, 0) is 50.1 Å². The van der Waals surface area contributed by atoms with Gasteiger partial charge in [-0.3, -0.25) is 9.59 Å². The molecule has 2 aliphatic rings. The van der Waals surface area contributed by atoms with Crippen LogP contribution >= 0.6 is 0 Å². The van der Waals surface area contributed by atoms with E-state index in [-0.39, 0.29) is 18.4 Å². The van der Waals surface area contributed by atoms with Crippen molar-refractivity contribution in [3.05, 3.63) is 59.7 Å². The number of pyridine rings is 1. The number of piperidine rings is 1. The SMILES string of the molecule is Cc1cccc(C(=O)N2CCCC3(C2)CN(c2cccc(F)c2)C(=O)CO3)n1. The molecule has 0 N–H and O–H groups in total. The number of ether oxygens (including phenoxy) is 1. The largest absolute Gasteiger partial charge is 0.361 e. The zero-order valence-corrected chi connectivity index (χ0v) is 15.7. The van der Waals surface area contributed by atoms with Gasteiger partial charge in [-0.15, -0.1) is 0 Å². The molecular weight excluding hydrogens is 361 g/mol. The Balaban J connectivity index is 1.55. The van der Waals surface area contributed by atoms with Crippen LogP contribution in [-0.2, 0) is 9.53 Å². The Hall–Kier alpha value is -2.80. The van der Waals surface area contributed by atoms with E-state index in [0.717, 1.165) is 18.5 Å². The summed E-state index contributed by atoms with van der Waals surface area (Å²) in [6, 6.07) is 11.4. The molecule has 2 aliphatic heterocycles. The molecule has 1 unspecified atom stereocenters. The Morgan fingerprint density at radius 2 is 2.04 bits per heavy atom. The van der Waals surface area contributed by atoms with Gasteiger partial charge in [0.25, 0.3) is 11.8 Å². The van der Waals surface area contributed by atoms with Crippen LogP contribution in [0.15, 0.2) is 42.5 Å². The molecule has 6 nitrogen and oxygen atoms in total. The molecule has 2 saturated heterocycles. The average molecular weight is 383 g/mol. The Bertz CT molecular complexity index is 919. The number of carbonyl (C=O) groups is 2. The summed E-state index contributed by atoms with van der Waals surface area (Å²) in [7, 11) is 0. The highest BCUT2D eigenvalue weighted by molar-refractivity contribution is 5.95. The molecule has 1 aromatic carbocycles. The van der Waals surface area contributed by atoms with Crippen molar-refractivity contribution in [1.29, 1.82) is 0 Å². The van der Waals surface area contributed by atoms with Crippen molar-refractivity contribution in [3.8, 4) is 0 Å². The molecule has 3 heterocycles. The lowest BCUT2D eigenvalue weighted by molar-refractivity contribution is -0.144. The fraction of sp³-hybridized carbons (Fsp3) is 0.381. The van der Waals surface area contributed by atoms with Crippen molar-refractivity contribution in [2.75, 3.05) is 31.1 Å². The van der Waals surface area contributed by atoms with E-state index in [1.807, 2.05) is 19.1 Å². The van der Waals surface area contributed by atoms with Crippen molar-refractivity contribution < 1.29 is 18.7 Å². The zero-order valence-electron chi connectivity index (χ0n) is 15.7. The van der Waals surface area contributed by atoms with Crippen LogP contribution in [0.2, 0.25) is 0 Å². The third kappa shape index (κ3) is 3.62. The highest BCUT2D eigenvalue weighted by Crippen LogP contribution is 2.32. The smallest absolute Gasteiger partial charge is 0.272 e. The molecule has 146 valence electrons. The van der Waals surface area contributed by atoms with E-state index >= 15 is 0 Å². The summed E-state index contributed by atoms with van der Waals surface area (Å²) >= 11 is 0. The van der Waals surface area contributed by atoms with Crippen LogP contribution in [0, 0.1) is 12.7 Å². The Morgan fingerprint density at radius 3 is 2.82 bits per heavy atom. The van der Waals surface area contributed by atoms with Crippen LogP contribution in [0.5, 0.6) is 0 Å². The second-order valence-corrected chi connectivity index (χ2v) is 7.43. The molecule has 28 heavy (non-hydrogen) atoms. The van der Waals surface area contributed by atoms with Crippen LogP contribution in [0.4, 0.5) is 10.1 Å². The molecule has 2 aromatic rings. The van der Waals surface area contributed by atoms with Gasteiger partial charge in [0.15, 0.2) is 0 Å². The molecule has 0 bridgehead atoms. The average Bonchev–Trinajstić information content (AvgIpc) is 2.70. The second-order valence-electron chi connectivity index (χ2n) is 7.43. The number of aromatic nitrogens is 1. The van der Waals surface area contributed by atoms with Crippen molar-refractivity contribution in [2.45, 2.75) is 25.4 Å². The minimum absolute atomic E-state index is 0.0821. The number of nitrogens with zero attached hydrogens (tertiary/aromatic N) is 3. The topological polar surface area (TPSA) is 62.7 Å². The lowest BCUT2D eigenvalue weighted by atomic mass is 9.90. The fourth-order valence-electron chi connectivity index (χ4n) is 3.94. The number of hydrogen-bond donors (Lipinski definition) is 0. The minimum Gasteiger partial charge on any atom is -0.361 e. The maximum absolute atomic E-state index is 13.6. The zero-order chi connectivity index (χ0) is 19.7. The first-order chi connectivity index (χ1) is 13.5. The summed E-state index contributed by atoms with van der Waals surface area (Å²) in [6.45, 7) is 3.05. The summed E-state index contributed by atoms with van der Waals surface area (Å²) in [5.74, 6) is -0.739. The molecule has 2 amide bonds. The van der Waals surface area contributed by atoms with Gasteiger partial charge in [0.1, 0.15) is 23.7 Å². The Labute approximate surface area is 162 Å². The minimum atomic E-state index is -0.655. The molecule has 4 rings (SSSR count). The second kappa shape index (κ2) is 7.31. The lowest BCUT2D eigenvalue weighted by Gasteiger charge is -2.47. The number of morpholine rings is 1. The van der Waals surface area contributed by atoms with E-state index < -0.39 is 11.4 Å². The molecule has 0 saturated carbocycles. The number of hydrogen-bond acceptors (Lipinski definition) is 4. The third-order valence-electron chi connectivity index (χ3n) is 5.30. The van der Waals surface area contributed by atoms with Gasteiger partial charge in [-0.25, -0.2) is 9.37 Å². The molecule has 1 aromatic heterocycles. The molecule has 2 fully saturated rings. The van der Waals surface area contributed by atoms with Crippen molar-refractivity contribution in [2.24, 2.45) is 0 Å². The first-order valence-electron chi connectivity index (χ1n) is 9.39. The van der Waals surface area contributed by atoms with Crippen LogP contribution < -0.4 is 4.90 Å². The van der Waals surface area contributed by atoms with E-state index in [4.69, 9.17) is 4.74 Å². The Kier molecular flexibility index (Phi) is 4.85. The summed E-state index contributed by atoms with van der Waals surface area (Å²) in [4.78, 5) is 32.9. The number of anilines is 1. The van der Waals surface area contributed by atoms with Gasteiger partial charge in [0.05, 0.1) is 13.1 Å². The molecular formula is C21H22FN3O3. The first kappa shape index (κ1) is 18.6. The van der Waals surface area contributed by atoms with Crippen LogP contribution in [0.25, 0.3) is 0 Å². The van der Waals surface area contributed by atoms with Crippen molar-refractivity contribution in [1.82, 2.24) is 9.88 Å². The highest BCUT2D eigenvalue weighted by atomic mass is 19.1. The summed E-state index contributed by atoms with van der Waals surface area (Å²) < 4.78 is 19.6. The highest BCUT2D eigenvalue weighted by Gasteiger charge is 2.44. The van der Waals surface area contributed by atoms with E-state index in [2.05, 4.69) is 4.98 Å². The third-order valence-corrected chi connectivity index (χ3v) is 5.30. The molecule has 1 spiro atoms. The quantitative estimate of drug-likeness (QED) is 0.800. The molecule has 1 atom stereocenters. The number of aryl methyl sites for hydroxylation is 1. The monoisotopic (exact) mass is 383 g/mol. The standard InChI is InChI=1S/C21H22FN3O3/c1-15-5-2-8-18(23-15)20(27)24-10-4-9-21(13-24)14-25(19(26)12-28-21)17-7-3-6-16(22)11-17/h2-3,5-8,11H,4,9-10,12-14H2,1H3. The van der Waals surface area contributed by atoms with E-state index in [1.54, 1.807) is 28.0 Å². The molecule has 0 radical (unpaired) electrons. The van der Waals surface area contributed by atoms with Gasteiger partial charge < -0.3 is 14.5 Å². The number of benzene rings is 1. The van der Waals surface area contributed by atoms with Gasteiger partial charge in [0, 0.05) is 17.9 Å². The number of carbonyl (C=O) groups excluding carboxylic acids is 2. The summed E-state index contributed by atoms with van der Waals surface area (Å²) in [6.07, 6.45) is 1.50. The predicted octanol–water partition coefficient (Wildman–Crippen LogP) is 2.57. The lowest BCUT2D eigenvalue weighted by Crippen LogP contribution is -2.62. The van der Waals surface area contributed by atoms with Crippen molar-refractivity contribution in [3.63, 3.8) is 0 Å². The fourth-order valence-corrected chi connectivity index (χ4v) is 3.94. The van der Waals surface area contributed by atoms with Crippen LogP contribution in [-0.4, -0.2) is 53.5 Å². The molecule has 0 aliphatic carbocycles.